The Morgan fingerprint density at radius 2 is 1.27 bits per heavy atom. The van der Waals surface area contributed by atoms with Crippen LogP contribution in [0.2, 0.25) is 0 Å². The lowest BCUT2D eigenvalue weighted by molar-refractivity contribution is -0.399. The third kappa shape index (κ3) is 4.58. The average Bonchev–Trinajstić information content (AvgIpc) is 3.11. The molecule has 3 aromatic carbocycles. The highest BCUT2D eigenvalue weighted by atomic mass is 16.8. The van der Waals surface area contributed by atoms with E-state index in [0.717, 1.165) is 16.8 Å². The number of H-pyrrole nitrogens is 1. The van der Waals surface area contributed by atoms with Crippen LogP contribution in [0.15, 0.2) is 94.6 Å². The second-order valence-corrected chi connectivity index (χ2v) is 9.79. The summed E-state index contributed by atoms with van der Waals surface area (Å²) in [5, 5.41) is 35.6. The van der Waals surface area contributed by atoms with Crippen molar-refractivity contribution < 1.29 is 34.3 Å². The van der Waals surface area contributed by atoms with Crippen LogP contribution >= 0.6 is 0 Å². The molecule has 11 heteroatoms. The molecule has 41 heavy (non-hydrogen) atoms. The van der Waals surface area contributed by atoms with Crippen LogP contribution in [-0.2, 0) is 10.6 Å². The first-order valence-electron chi connectivity index (χ1n) is 12.8. The van der Waals surface area contributed by atoms with Crippen LogP contribution in [0.3, 0.4) is 0 Å². The molecule has 1 aromatic heterocycles. The van der Waals surface area contributed by atoms with Crippen molar-refractivity contribution in [2.45, 2.75) is 44.4 Å². The monoisotopic (exact) mass is 562 g/mol. The van der Waals surface area contributed by atoms with Crippen LogP contribution in [0.4, 0.5) is 0 Å². The van der Waals surface area contributed by atoms with E-state index >= 15 is 0 Å². The molecular weight excluding hydrogens is 532 g/mol. The molecule has 1 aliphatic heterocycles. The highest BCUT2D eigenvalue weighted by Crippen LogP contribution is 2.52. The zero-order valence-electron chi connectivity index (χ0n) is 22.6. The van der Waals surface area contributed by atoms with Gasteiger partial charge in [-0.15, -0.1) is 0 Å². The Hall–Kier alpha value is -4.42. The molecule has 4 N–H and O–H groups in total. The van der Waals surface area contributed by atoms with Gasteiger partial charge in [-0.25, -0.2) is 9.36 Å². The van der Waals surface area contributed by atoms with Gasteiger partial charge in [-0.3, -0.25) is 9.78 Å². The summed E-state index contributed by atoms with van der Waals surface area (Å²) in [6, 6.07) is 21.0. The molecule has 11 nitrogen and oxygen atoms in total. The summed E-state index contributed by atoms with van der Waals surface area (Å²) in [6.45, 7) is 4.23. The van der Waals surface area contributed by atoms with Crippen molar-refractivity contribution in [3.8, 4) is 17.2 Å². The smallest absolute Gasteiger partial charge is 0.379 e. The fourth-order valence-electron chi connectivity index (χ4n) is 4.73. The van der Waals surface area contributed by atoms with Crippen molar-refractivity contribution in [3.05, 3.63) is 123 Å². The predicted octanol–water partition coefficient (Wildman–Crippen LogP) is 2.08. The standard InChI is InChI=1S/C30H30N2O9/c1-19-10-4-7-13-22(19)38-28(36)25(18-33)41-30(32-17-16-26(34)31-27(32)35,40-24-15-9-6-12-21(24)3)29(28,37)39-23-14-8-5-11-20(23)2/h4-17,25,33,36-37H,18H2,1-3H3,(H,31,34,35)/t25-,28+,29+,30-/m1/s1. The number of aromatic amines is 1. The second kappa shape index (κ2) is 10.5. The predicted molar refractivity (Wildman–Crippen MR) is 147 cm³/mol. The third-order valence-electron chi connectivity index (χ3n) is 7.01. The van der Waals surface area contributed by atoms with E-state index in [9.17, 15) is 24.9 Å². The number of ether oxygens (including phenoxy) is 4. The molecule has 2 heterocycles. The number of hydrogen-bond acceptors (Lipinski definition) is 9. The number of aliphatic hydroxyl groups is 3. The minimum atomic E-state index is -3.12. The number of aromatic nitrogens is 2. The van der Waals surface area contributed by atoms with Crippen molar-refractivity contribution in [3.63, 3.8) is 0 Å². The number of para-hydroxylation sites is 3. The Morgan fingerprint density at radius 3 is 1.76 bits per heavy atom. The second-order valence-electron chi connectivity index (χ2n) is 9.79. The molecule has 0 saturated carbocycles. The van der Waals surface area contributed by atoms with E-state index in [1.807, 2.05) is 0 Å². The molecule has 0 radical (unpaired) electrons. The number of benzene rings is 3. The Balaban J connectivity index is 1.84. The lowest BCUT2D eigenvalue weighted by atomic mass is 9.98. The summed E-state index contributed by atoms with van der Waals surface area (Å²) in [5.41, 5.74) is -0.0971. The number of hydrogen-bond donors (Lipinski definition) is 4. The lowest BCUT2D eigenvalue weighted by Gasteiger charge is -2.44. The van der Waals surface area contributed by atoms with Crippen LogP contribution < -0.4 is 25.5 Å². The molecule has 4 atom stereocenters. The third-order valence-corrected chi connectivity index (χ3v) is 7.01. The van der Waals surface area contributed by atoms with Crippen molar-refractivity contribution in [1.82, 2.24) is 9.55 Å². The molecule has 1 aliphatic rings. The van der Waals surface area contributed by atoms with Crippen LogP contribution in [0.25, 0.3) is 0 Å². The molecule has 0 amide bonds. The zero-order valence-corrected chi connectivity index (χ0v) is 22.6. The molecule has 5 rings (SSSR count). The van der Waals surface area contributed by atoms with Crippen molar-refractivity contribution in [1.29, 1.82) is 0 Å². The average molecular weight is 563 g/mol. The van der Waals surface area contributed by atoms with Gasteiger partial charge in [0.05, 0.1) is 6.61 Å². The zero-order chi connectivity index (χ0) is 29.4. The fourth-order valence-corrected chi connectivity index (χ4v) is 4.73. The highest BCUT2D eigenvalue weighted by Gasteiger charge is 2.82. The number of aryl methyl sites for hydroxylation is 3. The van der Waals surface area contributed by atoms with Gasteiger partial charge < -0.3 is 34.3 Å². The summed E-state index contributed by atoms with van der Waals surface area (Å²) in [5.74, 6) is -8.45. The SMILES string of the molecule is Cc1ccccc1O[C@@]1(n2ccc(=O)[nH]c2=O)O[C@H](CO)[C@](O)(Oc2ccccc2C)[C@]1(O)Oc1ccccc1C. The van der Waals surface area contributed by atoms with Crippen molar-refractivity contribution >= 4 is 0 Å². The molecule has 0 aliphatic carbocycles. The molecular formula is C30H30N2O9. The van der Waals surface area contributed by atoms with Crippen molar-refractivity contribution in [2.24, 2.45) is 0 Å². The summed E-state index contributed by atoms with van der Waals surface area (Å²) >= 11 is 0. The van der Waals surface area contributed by atoms with E-state index in [4.69, 9.17) is 18.9 Å². The van der Waals surface area contributed by atoms with E-state index in [1.165, 1.54) is 6.07 Å². The molecule has 0 spiro atoms. The van der Waals surface area contributed by atoms with Gasteiger partial charge in [0.25, 0.3) is 5.56 Å². The van der Waals surface area contributed by atoms with E-state index in [-0.39, 0.29) is 17.2 Å². The number of rotatable bonds is 8. The van der Waals surface area contributed by atoms with Gasteiger partial charge in [-0.1, -0.05) is 54.6 Å². The van der Waals surface area contributed by atoms with Crippen LogP contribution in [0.1, 0.15) is 16.7 Å². The minimum Gasteiger partial charge on any atom is -0.453 e. The number of nitrogens with one attached hydrogen (secondary N) is 1. The normalized spacial score (nSPS) is 25.6. The first-order chi connectivity index (χ1) is 19.5. The first-order valence-corrected chi connectivity index (χ1v) is 12.8. The molecule has 1 saturated heterocycles. The number of aliphatic hydroxyl groups excluding tert-OH is 1. The van der Waals surface area contributed by atoms with Gasteiger partial charge in [0.15, 0.2) is 6.10 Å². The summed E-state index contributed by atoms with van der Waals surface area (Å²) in [4.78, 5) is 27.5. The Morgan fingerprint density at radius 1 is 0.780 bits per heavy atom. The maximum absolute atomic E-state index is 13.3. The maximum atomic E-state index is 13.3. The van der Waals surface area contributed by atoms with Gasteiger partial charge in [-0.2, -0.15) is 0 Å². The maximum Gasteiger partial charge on any atom is 0.379 e. The van der Waals surface area contributed by atoms with Gasteiger partial charge >= 0.3 is 23.2 Å². The quantitative estimate of drug-likeness (QED) is 0.237. The van der Waals surface area contributed by atoms with E-state index in [1.54, 1.807) is 87.5 Å². The molecule has 0 unspecified atom stereocenters. The fraction of sp³-hybridized carbons (Fsp3) is 0.267. The van der Waals surface area contributed by atoms with Crippen LogP contribution in [0, 0.1) is 20.8 Å². The largest absolute Gasteiger partial charge is 0.453 e. The van der Waals surface area contributed by atoms with Gasteiger partial charge in [0.1, 0.15) is 17.2 Å². The topological polar surface area (TPSA) is 152 Å². The summed E-state index contributed by atoms with van der Waals surface area (Å²) in [6.07, 6.45) is -0.724. The van der Waals surface area contributed by atoms with Gasteiger partial charge in [0, 0.05) is 12.3 Å². The minimum absolute atomic E-state index is 0.0826. The summed E-state index contributed by atoms with van der Waals surface area (Å²) in [7, 11) is 0. The highest BCUT2D eigenvalue weighted by molar-refractivity contribution is 5.37. The number of nitrogens with zero attached hydrogens (tertiary/aromatic N) is 1. The van der Waals surface area contributed by atoms with Crippen LogP contribution in [-0.4, -0.2) is 49.2 Å². The van der Waals surface area contributed by atoms with E-state index in [2.05, 4.69) is 4.98 Å². The van der Waals surface area contributed by atoms with Gasteiger partial charge in [-0.05, 0) is 55.7 Å². The van der Waals surface area contributed by atoms with E-state index in [0.29, 0.717) is 16.7 Å². The Labute approximate surface area is 234 Å². The summed E-state index contributed by atoms with van der Waals surface area (Å²) < 4.78 is 25.4. The molecule has 4 aromatic rings. The Kier molecular flexibility index (Phi) is 7.22. The Bertz CT molecular complexity index is 1680. The van der Waals surface area contributed by atoms with Crippen molar-refractivity contribution in [2.75, 3.05) is 6.61 Å². The molecule has 214 valence electrons. The first kappa shape index (κ1) is 28.1. The van der Waals surface area contributed by atoms with Crippen LogP contribution in [0.5, 0.6) is 17.2 Å². The van der Waals surface area contributed by atoms with Gasteiger partial charge in [0.2, 0.25) is 0 Å². The molecule has 1 fully saturated rings. The molecule has 0 bridgehead atoms. The van der Waals surface area contributed by atoms with E-state index < -0.39 is 41.4 Å². The lowest BCUT2D eigenvalue weighted by Crippen LogP contribution is -2.73.